The van der Waals surface area contributed by atoms with Crippen molar-refractivity contribution < 1.29 is 22.7 Å². The van der Waals surface area contributed by atoms with E-state index in [9.17, 15) is 18.0 Å². The van der Waals surface area contributed by atoms with Gasteiger partial charge >= 0.3 is 6.18 Å². The fourth-order valence-electron chi connectivity index (χ4n) is 2.89. The van der Waals surface area contributed by atoms with Crippen molar-refractivity contribution in [2.24, 2.45) is 0 Å². The van der Waals surface area contributed by atoms with Gasteiger partial charge in [0, 0.05) is 30.2 Å². The average molecular weight is 421 g/mol. The molecule has 0 radical (unpaired) electrons. The molecule has 1 N–H and O–H groups in total. The number of pyridine rings is 2. The Morgan fingerprint density at radius 1 is 1.30 bits per heavy atom. The van der Waals surface area contributed by atoms with Crippen molar-refractivity contribution in [2.45, 2.75) is 46.0 Å². The highest BCUT2D eigenvalue weighted by Crippen LogP contribution is 2.22. The van der Waals surface area contributed by atoms with Gasteiger partial charge in [0.05, 0.1) is 30.5 Å². The zero-order valence-corrected chi connectivity index (χ0v) is 16.8. The molecule has 3 heterocycles. The molecule has 0 fully saturated rings. The number of aryl methyl sites for hydroxylation is 1. The minimum Gasteiger partial charge on any atom is -0.477 e. The van der Waals surface area contributed by atoms with E-state index in [0.29, 0.717) is 28.7 Å². The molecule has 0 aliphatic rings. The summed E-state index contributed by atoms with van der Waals surface area (Å²) >= 11 is 0. The van der Waals surface area contributed by atoms with Crippen LogP contribution in [0.5, 0.6) is 5.88 Å². The van der Waals surface area contributed by atoms with Gasteiger partial charge in [-0.25, -0.2) is 4.98 Å². The first-order chi connectivity index (χ1) is 14.1. The Labute approximate surface area is 171 Å². The van der Waals surface area contributed by atoms with Crippen molar-refractivity contribution >= 4 is 16.8 Å². The minimum atomic E-state index is -4.27. The van der Waals surface area contributed by atoms with Crippen LogP contribution in [-0.2, 0) is 6.54 Å². The molecule has 0 saturated heterocycles. The van der Waals surface area contributed by atoms with Crippen LogP contribution in [0.3, 0.4) is 0 Å². The van der Waals surface area contributed by atoms with Crippen molar-refractivity contribution in [3.63, 3.8) is 0 Å². The maximum atomic E-state index is 12.4. The molecule has 3 rings (SSSR count). The Morgan fingerprint density at radius 3 is 2.73 bits per heavy atom. The fraction of sp³-hybridized carbons (Fsp3) is 0.400. The number of carbonyl (C=O) groups is 1. The third-order valence-corrected chi connectivity index (χ3v) is 4.17. The number of amides is 1. The molecule has 0 saturated carbocycles. The smallest absolute Gasteiger partial charge is 0.392 e. The molecule has 7 nitrogen and oxygen atoms in total. The number of rotatable bonds is 7. The molecule has 10 heteroatoms. The topological polar surface area (TPSA) is 81.9 Å². The zero-order valence-electron chi connectivity index (χ0n) is 16.8. The number of aromatic nitrogens is 4. The van der Waals surface area contributed by atoms with Gasteiger partial charge in [-0.1, -0.05) is 0 Å². The number of hydrogen-bond acceptors (Lipinski definition) is 5. The van der Waals surface area contributed by atoms with Crippen LogP contribution in [0.1, 0.15) is 41.9 Å². The van der Waals surface area contributed by atoms with Gasteiger partial charge in [0.15, 0.2) is 0 Å². The maximum Gasteiger partial charge on any atom is 0.392 e. The first-order valence-electron chi connectivity index (χ1n) is 9.40. The van der Waals surface area contributed by atoms with E-state index in [1.165, 1.54) is 12.4 Å². The Kier molecular flexibility index (Phi) is 6.23. The van der Waals surface area contributed by atoms with E-state index < -0.39 is 19.2 Å². The second-order valence-electron chi connectivity index (χ2n) is 7.23. The van der Waals surface area contributed by atoms with Crippen molar-refractivity contribution in [3.05, 3.63) is 47.5 Å². The van der Waals surface area contributed by atoms with E-state index in [4.69, 9.17) is 4.74 Å². The number of nitrogens with zero attached hydrogens (tertiary/aromatic N) is 4. The van der Waals surface area contributed by atoms with Crippen molar-refractivity contribution in [1.82, 2.24) is 25.1 Å². The molecule has 0 unspecified atom stereocenters. The molecular formula is C20H22F3N5O2. The molecule has 0 bridgehead atoms. The van der Waals surface area contributed by atoms with Gasteiger partial charge in [-0.15, -0.1) is 0 Å². The fourth-order valence-corrected chi connectivity index (χ4v) is 2.89. The summed E-state index contributed by atoms with van der Waals surface area (Å²) in [5, 5.41) is 7.92. The molecular weight excluding hydrogens is 399 g/mol. The summed E-state index contributed by atoms with van der Waals surface area (Å²) in [4.78, 5) is 20.7. The van der Waals surface area contributed by atoms with Crippen LogP contribution < -0.4 is 10.1 Å². The second-order valence-corrected chi connectivity index (χ2v) is 7.23. The molecule has 30 heavy (non-hydrogen) atoms. The first kappa shape index (κ1) is 21.5. The zero-order chi connectivity index (χ0) is 21.9. The van der Waals surface area contributed by atoms with Crippen LogP contribution in [-0.4, -0.2) is 44.5 Å². The lowest BCUT2D eigenvalue weighted by atomic mass is 10.2. The van der Waals surface area contributed by atoms with Crippen molar-refractivity contribution in [2.75, 3.05) is 6.61 Å². The van der Waals surface area contributed by atoms with Crippen LogP contribution >= 0.6 is 0 Å². The van der Waals surface area contributed by atoms with E-state index in [0.717, 1.165) is 5.56 Å². The van der Waals surface area contributed by atoms with Crippen molar-refractivity contribution in [3.8, 4) is 5.88 Å². The molecule has 0 aromatic carbocycles. The Hall–Kier alpha value is -3.17. The number of fused-ring (bicyclic) bond motifs is 1. The predicted molar refractivity (Wildman–Crippen MR) is 104 cm³/mol. The average Bonchev–Trinajstić information content (AvgIpc) is 3.04. The van der Waals surface area contributed by atoms with E-state index in [1.807, 2.05) is 13.8 Å². The summed E-state index contributed by atoms with van der Waals surface area (Å²) in [7, 11) is 0. The summed E-state index contributed by atoms with van der Waals surface area (Å²) < 4.78 is 43.6. The van der Waals surface area contributed by atoms with Crippen LogP contribution in [0.4, 0.5) is 13.2 Å². The number of halogens is 3. The largest absolute Gasteiger partial charge is 0.477 e. The van der Waals surface area contributed by atoms with E-state index >= 15 is 0 Å². The molecule has 0 aliphatic carbocycles. The van der Waals surface area contributed by atoms with Gasteiger partial charge in [0.1, 0.15) is 5.69 Å². The lowest BCUT2D eigenvalue weighted by molar-refractivity contribution is -0.139. The predicted octanol–water partition coefficient (Wildman–Crippen LogP) is 3.65. The maximum absolute atomic E-state index is 12.4. The third-order valence-electron chi connectivity index (χ3n) is 4.17. The van der Waals surface area contributed by atoms with E-state index in [1.54, 1.807) is 29.9 Å². The minimum absolute atomic E-state index is 0.0180. The SMILES string of the molecule is Cc1cc(Cn2cc3c(C(=O)NC(C)C)nccc3n2)cnc1OCCC(F)(F)F. The lowest BCUT2D eigenvalue weighted by Crippen LogP contribution is -2.30. The quantitative estimate of drug-likeness (QED) is 0.630. The molecule has 1 amide bonds. The lowest BCUT2D eigenvalue weighted by Gasteiger charge is -2.11. The second kappa shape index (κ2) is 8.68. The third kappa shape index (κ3) is 5.46. The van der Waals surface area contributed by atoms with Crippen LogP contribution in [0, 0.1) is 6.92 Å². The van der Waals surface area contributed by atoms with E-state index in [2.05, 4.69) is 20.4 Å². The van der Waals surface area contributed by atoms with Gasteiger partial charge in [0.2, 0.25) is 5.88 Å². The first-order valence-corrected chi connectivity index (χ1v) is 9.40. The number of carbonyl (C=O) groups excluding carboxylic acids is 1. The summed E-state index contributed by atoms with van der Waals surface area (Å²) in [6.45, 7) is 5.35. The number of hydrogen-bond donors (Lipinski definition) is 1. The highest BCUT2D eigenvalue weighted by Gasteiger charge is 2.27. The van der Waals surface area contributed by atoms with E-state index in [-0.39, 0.29) is 17.8 Å². The molecule has 0 aliphatic heterocycles. The molecule has 3 aromatic rings. The summed E-state index contributed by atoms with van der Waals surface area (Å²) in [6.07, 6.45) is -0.493. The number of nitrogens with one attached hydrogen (secondary N) is 1. The Bertz CT molecular complexity index is 1050. The van der Waals surface area contributed by atoms with Crippen LogP contribution in [0.25, 0.3) is 10.9 Å². The summed E-state index contributed by atoms with van der Waals surface area (Å²) in [5.41, 5.74) is 2.36. The standard InChI is InChI=1S/C20H22F3N5O2/c1-12(2)26-18(29)17-15-11-28(27-16(15)4-6-24-17)10-14-8-13(3)19(25-9-14)30-7-5-20(21,22)23/h4,6,8-9,11-12H,5,7,10H2,1-3H3,(H,26,29). The monoisotopic (exact) mass is 421 g/mol. The molecule has 0 spiro atoms. The summed E-state index contributed by atoms with van der Waals surface area (Å²) in [6, 6.07) is 3.49. The number of alkyl halides is 3. The number of ether oxygens (including phenoxy) is 1. The summed E-state index contributed by atoms with van der Waals surface area (Å²) in [5.74, 6) is -0.0986. The Morgan fingerprint density at radius 2 is 2.07 bits per heavy atom. The molecule has 160 valence electrons. The molecule has 0 atom stereocenters. The van der Waals surface area contributed by atoms with Gasteiger partial charge in [-0.05, 0) is 38.5 Å². The normalized spacial score (nSPS) is 11.8. The van der Waals surface area contributed by atoms with Gasteiger partial charge in [-0.3, -0.25) is 14.5 Å². The highest BCUT2D eigenvalue weighted by molar-refractivity contribution is 6.04. The van der Waals surface area contributed by atoms with Crippen LogP contribution in [0.15, 0.2) is 30.7 Å². The van der Waals surface area contributed by atoms with Gasteiger partial charge in [0.25, 0.3) is 5.91 Å². The van der Waals surface area contributed by atoms with Crippen LogP contribution in [0.2, 0.25) is 0 Å². The Balaban J connectivity index is 1.75. The highest BCUT2D eigenvalue weighted by atomic mass is 19.4. The van der Waals surface area contributed by atoms with Gasteiger partial charge < -0.3 is 10.1 Å². The van der Waals surface area contributed by atoms with Gasteiger partial charge in [-0.2, -0.15) is 18.3 Å². The molecule has 3 aromatic heterocycles. The van der Waals surface area contributed by atoms with Crippen molar-refractivity contribution in [1.29, 1.82) is 0 Å².